The molecule has 0 rings (SSSR count). The molecule has 2 nitrogen and oxygen atoms in total. The van der Waals surface area contributed by atoms with Gasteiger partial charge < -0.3 is 10.6 Å². The Balaban J connectivity index is 3.70. The maximum Gasteiger partial charge on any atom is 0.0193 e. The minimum Gasteiger partial charge on any atom is -0.326 e. The molecule has 0 saturated carbocycles. The average Bonchev–Trinajstić information content (AvgIpc) is 2.01. The van der Waals surface area contributed by atoms with Crippen molar-refractivity contribution in [3.05, 3.63) is 0 Å². The maximum atomic E-state index is 6.06. The highest BCUT2D eigenvalue weighted by Gasteiger charge is 2.13. The van der Waals surface area contributed by atoms with E-state index in [4.69, 9.17) is 5.73 Å². The fourth-order valence-electron chi connectivity index (χ4n) is 1.54. The summed E-state index contributed by atoms with van der Waals surface area (Å²) in [6, 6.07) is 0.328. The van der Waals surface area contributed by atoms with Gasteiger partial charge in [-0.15, -0.1) is 0 Å². The topological polar surface area (TPSA) is 29.3 Å². The largest absolute Gasteiger partial charge is 0.326 e. The van der Waals surface area contributed by atoms with Crippen LogP contribution >= 0.6 is 0 Å². The lowest BCUT2D eigenvalue weighted by molar-refractivity contribution is 0.250. The SMILES string of the molecule is CCC(C)C(N)CN(C)CC(C)C. The van der Waals surface area contributed by atoms with E-state index in [1.165, 1.54) is 6.42 Å². The van der Waals surface area contributed by atoms with Crippen LogP contribution in [0.5, 0.6) is 0 Å². The van der Waals surface area contributed by atoms with Gasteiger partial charge in [0, 0.05) is 19.1 Å². The fraction of sp³-hybridized carbons (Fsp3) is 1.00. The molecule has 0 aromatic heterocycles. The number of likely N-dealkylation sites (N-methyl/N-ethyl adjacent to an activating group) is 1. The van der Waals surface area contributed by atoms with Crippen molar-refractivity contribution < 1.29 is 0 Å². The van der Waals surface area contributed by atoms with Gasteiger partial charge in [0.05, 0.1) is 0 Å². The minimum absolute atomic E-state index is 0.328. The summed E-state index contributed by atoms with van der Waals surface area (Å²) in [4.78, 5) is 2.33. The Kier molecular flexibility index (Phi) is 6.35. The lowest BCUT2D eigenvalue weighted by atomic mass is 9.99. The fourth-order valence-corrected chi connectivity index (χ4v) is 1.54. The molecule has 0 aromatic carbocycles. The van der Waals surface area contributed by atoms with Gasteiger partial charge in [0.2, 0.25) is 0 Å². The molecule has 0 radical (unpaired) electrons. The van der Waals surface area contributed by atoms with E-state index >= 15 is 0 Å². The molecule has 0 bridgehead atoms. The van der Waals surface area contributed by atoms with Gasteiger partial charge in [-0.05, 0) is 18.9 Å². The minimum atomic E-state index is 0.328. The van der Waals surface area contributed by atoms with Gasteiger partial charge in [0.25, 0.3) is 0 Å². The first-order valence-electron chi connectivity index (χ1n) is 5.41. The predicted molar refractivity (Wildman–Crippen MR) is 59.8 cm³/mol. The standard InChI is InChI=1S/C11H26N2/c1-6-10(4)11(12)8-13(5)7-9(2)3/h9-11H,6-8,12H2,1-5H3. The van der Waals surface area contributed by atoms with Gasteiger partial charge in [-0.2, -0.15) is 0 Å². The number of rotatable bonds is 6. The van der Waals surface area contributed by atoms with Crippen LogP contribution in [0.1, 0.15) is 34.1 Å². The highest BCUT2D eigenvalue weighted by molar-refractivity contribution is 4.71. The molecule has 2 N–H and O–H groups in total. The summed E-state index contributed by atoms with van der Waals surface area (Å²) < 4.78 is 0. The third-order valence-corrected chi connectivity index (χ3v) is 2.57. The van der Waals surface area contributed by atoms with Crippen LogP contribution in [0.15, 0.2) is 0 Å². The van der Waals surface area contributed by atoms with E-state index in [2.05, 4.69) is 39.6 Å². The van der Waals surface area contributed by atoms with Crippen molar-refractivity contribution in [1.29, 1.82) is 0 Å². The summed E-state index contributed by atoms with van der Waals surface area (Å²) in [7, 11) is 2.15. The number of nitrogens with zero attached hydrogens (tertiary/aromatic N) is 1. The Hall–Kier alpha value is -0.0800. The Morgan fingerprint density at radius 2 is 1.69 bits per heavy atom. The maximum absolute atomic E-state index is 6.06. The highest BCUT2D eigenvalue weighted by atomic mass is 15.1. The molecule has 13 heavy (non-hydrogen) atoms. The molecule has 0 aliphatic rings. The first-order chi connectivity index (χ1) is 5.97. The van der Waals surface area contributed by atoms with Gasteiger partial charge in [-0.3, -0.25) is 0 Å². The summed E-state index contributed by atoms with van der Waals surface area (Å²) in [6.07, 6.45) is 1.18. The van der Waals surface area contributed by atoms with Crippen molar-refractivity contribution in [2.24, 2.45) is 17.6 Å². The third-order valence-electron chi connectivity index (χ3n) is 2.57. The summed E-state index contributed by atoms with van der Waals surface area (Å²) in [5.74, 6) is 1.36. The number of nitrogens with two attached hydrogens (primary N) is 1. The second-order valence-electron chi connectivity index (χ2n) is 4.66. The lowest BCUT2D eigenvalue weighted by Crippen LogP contribution is -2.40. The molecule has 0 spiro atoms. The van der Waals surface area contributed by atoms with Crippen LogP contribution in [0.2, 0.25) is 0 Å². The molecule has 2 unspecified atom stereocenters. The molecule has 0 fully saturated rings. The van der Waals surface area contributed by atoms with E-state index in [1.807, 2.05) is 0 Å². The van der Waals surface area contributed by atoms with E-state index in [0.717, 1.165) is 19.0 Å². The molecular formula is C11H26N2. The van der Waals surface area contributed by atoms with Crippen molar-refractivity contribution in [3.8, 4) is 0 Å². The molecule has 0 amide bonds. The van der Waals surface area contributed by atoms with Crippen molar-refractivity contribution >= 4 is 0 Å². The van der Waals surface area contributed by atoms with Crippen molar-refractivity contribution in [2.75, 3.05) is 20.1 Å². The Labute approximate surface area is 83.5 Å². The molecule has 0 aliphatic carbocycles. The van der Waals surface area contributed by atoms with E-state index in [0.29, 0.717) is 12.0 Å². The molecule has 0 saturated heterocycles. The van der Waals surface area contributed by atoms with Gasteiger partial charge >= 0.3 is 0 Å². The zero-order chi connectivity index (χ0) is 10.4. The van der Waals surface area contributed by atoms with E-state index < -0.39 is 0 Å². The predicted octanol–water partition coefficient (Wildman–Crippen LogP) is 1.95. The van der Waals surface area contributed by atoms with E-state index in [9.17, 15) is 0 Å². The summed E-state index contributed by atoms with van der Waals surface area (Å²) in [6.45, 7) is 11.1. The van der Waals surface area contributed by atoms with Crippen LogP contribution < -0.4 is 5.73 Å². The third kappa shape index (κ3) is 6.05. The van der Waals surface area contributed by atoms with Crippen LogP contribution in [0.25, 0.3) is 0 Å². The average molecular weight is 186 g/mol. The Bertz CT molecular complexity index is 123. The summed E-state index contributed by atoms with van der Waals surface area (Å²) in [5, 5.41) is 0. The van der Waals surface area contributed by atoms with Crippen LogP contribution in [-0.2, 0) is 0 Å². The highest BCUT2D eigenvalue weighted by Crippen LogP contribution is 2.07. The molecule has 0 heterocycles. The summed E-state index contributed by atoms with van der Waals surface area (Å²) >= 11 is 0. The quantitative estimate of drug-likeness (QED) is 0.687. The Morgan fingerprint density at radius 1 is 1.15 bits per heavy atom. The second kappa shape index (κ2) is 6.39. The van der Waals surface area contributed by atoms with Crippen LogP contribution in [0, 0.1) is 11.8 Å². The van der Waals surface area contributed by atoms with Gasteiger partial charge in [-0.25, -0.2) is 0 Å². The first-order valence-corrected chi connectivity index (χ1v) is 5.41. The zero-order valence-corrected chi connectivity index (χ0v) is 9.88. The van der Waals surface area contributed by atoms with E-state index in [1.54, 1.807) is 0 Å². The second-order valence-corrected chi connectivity index (χ2v) is 4.66. The zero-order valence-electron chi connectivity index (χ0n) is 9.88. The van der Waals surface area contributed by atoms with Gasteiger partial charge in [0.15, 0.2) is 0 Å². The molecule has 80 valence electrons. The summed E-state index contributed by atoms with van der Waals surface area (Å²) in [5.41, 5.74) is 6.06. The normalized spacial score (nSPS) is 16.6. The van der Waals surface area contributed by atoms with Crippen molar-refractivity contribution in [3.63, 3.8) is 0 Å². The number of hydrogen-bond acceptors (Lipinski definition) is 2. The van der Waals surface area contributed by atoms with Crippen LogP contribution in [-0.4, -0.2) is 31.1 Å². The van der Waals surface area contributed by atoms with Crippen LogP contribution in [0.3, 0.4) is 0 Å². The Morgan fingerprint density at radius 3 is 2.08 bits per heavy atom. The van der Waals surface area contributed by atoms with Gasteiger partial charge in [-0.1, -0.05) is 34.1 Å². The van der Waals surface area contributed by atoms with Crippen molar-refractivity contribution in [1.82, 2.24) is 4.90 Å². The van der Waals surface area contributed by atoms with E-state index in [-0.39, 0.29) is 0 Å². The molecule has 0 aliphatic heterocycles. The van der Waals surface area contributed by atoms with Gasteiger partial charge in [0.1, 0.15) is 0 Å². The van der Waals surface area contributed by atoms with Crippen molar-refractivity contribution in [2.45, 2.75) is 40.2 Å². The molecule has 2 heteroatoms. The lowest BCUT2D eigenvalue weighted by Gasteiger charge is -2.26. The smallest absolute Gasteiger partial charge is 0.0193 e. The first kappa shape index (κ1) is 12.9. The van der Waals surface area contributed by atoms with Crippen LogP contribution in [0.4, 0.5) is 0 Å². The molecule has 2 atom stereocenters. The monoisotopic (exact) mass is 186 g/mol. The number of hydrogen-bond donors (Lipinski definition) is 1. The molecular weight excluding hydrogens is 160 g/mol. The molecule has 0 aromatic rings.